The fourth-order valence-corrected chi connectivity index (χ4v) is 4.31. The van der Waals surface area contributed by atoms with E-state index >= 15 is 0 Å². The molecule has 1 aliphatic carbocycles. The molecule has 2 nitrogen and oxygen atoms in total. The first-order valence-corrected chi connectivity index (χ1v) is 7.62. The molecule has 0 spiro atoms. The van der Waals surface area contributed by atoms with Gasteiger partial charge in [-0.1, -0.05) is 39.8 Å². The van der Waals surface area contributed by atoms with Gasteiger partial charge < -0.3 is 9.84 Å². The van der Waals surface area contributed by atoms with E-state index in [4.69, 9.17) is 4.74 Å². The minimum Gasteiger partial charge on any atom is -0.494 e. The highest BCUT2D eigenvalue weighted by molar-refractivity contribution is 5.33. The summed E-state index contributed by atoms with van der Waals surface area (Å²) in [6.07, 6.45) is 2.76. The van der Waals surface area contributed by atoms with Gasteiger partial charge in [0, 0.05) is 0 Å². The Hall–Kier alpha value is -1.02. The van der Waals surface area contributed by atoms with E-state index in [1.807, 2.05) is 31.2 Å². The first kappa shape index (κ1) is 15.4. The van der Waals surface area contributed by atoms with Crippen LogP contribution in [0.15, 0.2) is 24.3 Å². The zero-order valence-corrected chi connectivity index (χ0v) is 13.5. The van der Waals surface area contributed by atoms with Gasteiger partial charge in [0.2, 0.25) is 0 Å². The van der Waals surface area contributed by atoms with E-state index in [0.29, 0.717) is 6.61 Å². The Morgan fingerprint density at radius 3 is 2.20 bits per heavy atom. The molecule has 0 heterocycles. The average molecular weight is 276 g/mol. The van der Waals surface area contributed by atoms with Crippen molar-refractivity contribution in [1.29, 1.82) is 0 Å². The third kappa shape index (κ3) is 3.35. The SMILES string of the molecule is CCOc1cccc(C2(O)CC(C)(C)CC(C)(C)C2)c1. The summed E-state index contributed by atoms with van der Waals surface area (Å²) >= 11 is 0. The summed E-state index contributed by atoms with van der Waals surface area (Å²) in [6, 6.07) is 7.96. The van der Waals surface area contributed by atoms with Crippen LogP contribution in [0.3, 0.4) is 0 Å². The topological polar surface area (TPSA) is 29.5 Å². The number of ether oxygens (including phenoxy) is 1. The third-order valence-corrected chi connectivity index (χ3v) is 4.18. The molecule has 0 aliphatic heterocycles. The smallest absolute Gasteiger partial charge is 0.119 e. The van der Waals surface area contributed by atoms with E-state index in [0.717, 1.165) is 30.6 Å². The quantitative estimate of drug-likeness (QED) is 0.880. The summed E-state index contributed by atoms with van der Waals surface area (Å²) < 4.78 is 5.58. The van der Waals surface area contributed by atoms with Gasteiger partial charge in [0.05, 0.1) is 12.2 Å². The van der Waals surface area contributed by atoms with Gasteiger partial charge in [-0.3, -0.25) is 0 Å². The maximum Gasteiger partial charge on any atom is 0.119 e. The minimum absolute atomic E-state index is 0.151. The number of aliphatic hydroxyl groups is 1. The normalized spacial score (nSPS) is 23.3. The minimum atomic E-state index is -0.752. The molecule has 2 heteroatoms. The van der Waals surface area contributed by atoms with Crippen molar-refractivity contribution in [2.24, 2.45) is 10.8 Å². The van der Waals surface area contributed by atoms with Crippen molar-refractivity contribution in [3.05, 3.63) is 29.8 Å². The van der Waals surface area contributed by atoms with Crippen molar-refractivity contribution in [2.45, 2.75) is 59.5 Å². The Labute approximate surface area is 123 Å². The molecule has 0 aromatic heterocycles. The van der Waals surface area contributed by atoms with E-state index in [-0.39, 0.29) is 10.8 Å². The maximum atomic E-state index is 11.3. The van der Waals surface area contributed by atoms with Gasteiger partial charge in [0.1, 0.15) is 5.75 Å². The van der Waals surface area contributed by atoms with Crippen LogP contribution in [0.2, 0.25) is 0 Å². The van der Waals surface area contributed by atoms with Crippen LogP contribution in [0, 0.1) is 10.8 Å². The predicted octanol–water partition coefficient (Wildman–Crippen LogP) is 4.51. The van der Waals surface area contributed by atoms with Crippen LogP contribution >= 0.6 is 0 Å². The van der Waals surface area contributed by atoms with Gasteiger partial charge in [-0.2, -0.15) is 0 Å². The summed E-state index contributed by atoms with van der Waals surface area (Å²) in [5.74, 6) is 0.847. The lowest BCUT2D eigenvalue weighted by atomic mass is 9.58. The second kappa shape index (κ2) is 5.07. The van der Waals surface area contributed by atoms with E-state index in [9.17, 15) is 5.11 Å². The van der Waals surface area contributed by atoms with Crippen molar-refractivity contribution in [3.63, 3.8) is 0 Å². The molecular weight excluding hydrogens is 248 g/mol. The van der Waals surface area contributed by atoms with Crippen molar-refractivity contribution in [2.75, 3.05) is 6.61 Å². The first-order chi connectivity index (χ1) is 9.16. The standard InChI is InChI=1S/C18H28O2/c1-6-20-15-9-7-8-14(10-15)18(19)12-16(2,3)11-17(4,5)13-18/h7-10,19H,6,11-13H2,1-5H3. The second-order valence-electron chi connectivity index (χ2n) is 7.85. The molecule has 1 aromatic rings. The lowest BCUT2D eigenvalue weighted by molar-refractivity contribution is -0.0913. The average Bonchev–Trinajstić information content (AvgIpc) is 2.25. The van der Waals surface area contributed by atoms with Gasteiger partial charge in [0.25, 0.3) is 0 Å². The Bertz CT molecular complexity index is 458. The number of benzene rings is 1. The Morgan fingerprint density at radius 1 is 1.05 bits per heavy atom. The maximum absolute atomic E-state index is 11.3. The molecule has 1 aliphatic rings. The monoisotopic (exact) mass is 276 g/mol. The molecular formula is C18H28O2. The third-order valence-electron chi connectivity index (χ3n) is 4.18. The van der Waals surface area contributed by atoms with Crippen molar-refractivity contribution < 1.29 is 9.84 Å². The Morgan fingerprint density at radius 2 is 1.65 bits per heavy atom. The Balaban J connectivity index is 2.36. The summed E-state index contributed by atoms with van der Waals surface area (Å²) in [7, 11) is 0. The second-order valence-corrected chi connectivity index (χ2v) is 7.85. The number of hydrogen-bond acceptors (Lipinski definition) is 2. The molecule has 0 unspecified atom stereocenters. The van der Waals surface area contributed by atoms with Gasteiger partial charge in [-0.05, 0) is 54.7 Å². The molecule has 0 radical (unpaired) electrons. The number of rotatable bonds is 3. The van der Waals surface area contributed by atoms with Gasteiger partial charge in [-0.25, -0.2) is 0 Å². The van der Waals surface area contributed by atoms with E-state index in [1.54, 1.807) is 0 Å². The molecule has 2 rings (SSSR count). The van der Waals surface area contributed by atoms with E-state index in [2.05, 4.69) is 27.7 Å². The van der Waals surface area contributed by atoms with Crippen LogP contribution in [-0.4, -0.2) is 11.7 Å². The molecule has 0 saturated heterocycles. The molecule has 1 aromatic carbocycles. The van der Waals surface area contributed by atoms with Gasteiger partial charge >= 0.3 is 0 Å². The summed E-state index contributed by atoms with van der Waals surface area (Å²) in [4.78, 5) is 0. The molecule has 0 bridgehead atoms. The highest BCUT2D eigenvalue weighted by Gasteiger charge is 2.47. The Kier molecular flexibility index (Phi) is 3.90. The van der Waals surface area contributed by atoms with Crippen LogP contribution in [0.4, 0.5) is 0 Å². The highest BCUT2D eigenvalue weighted by Crippen LogP contribution is 2.53. The molecule has 1 fully saturated rings. The lowest BCUT2D eigenvalue weighted by Gasteiger charge is -2.49. The van der Waals surface area contributed by atoms with Gasteiger partial charge in [0.15, 0.2) is 0 Å². The fraction of sp³-hybridized carbons (Fsp3) is 0.667. The van der Waals surface area contributed by atoms with Crippen molar-refractivity contribution >= 4 is 0 Å². The van der Waals surface area contributed by atoms with E-state index < -0.39 is 5.60 Å². The lowest BCUT2D eigenvalue weighted by Crippen LogP contribution is -2.44. The van der Waals surface area contributed by atoms with Crippen LogP contribution in [0.1, 0.15) is 59.4 Å². The summed E-state index contributed by atoms with van der Waals surface area (Å²) in [5, 5.41) is 11.3. The zero-order valence-electron chi connectivity index (χ0n) is 13.5. The van der Waals surface area contributed by atoms with Crippen LogP contribution in [0.5, 0.6) is 5.75 Å². The number of hydrogen-bond donors (Lipinski definition) is 1. The van der Waals surface area contributed by atoms with Crippen LogP contribution < -0.4 is 4.74 Å². The summed E-state index contributed by atoms with van der Waals surface area (Å²) in [6.45, 7) is 11.7. The molecule has 0 amide bonds. The predicted molar refractivity (Wildman–Crippen MR) is 82.9 cm³/mol. The first-order valence-electron chi connectivity index (χ1n) is 7.62. The largest absolute Gasteiger partial charge is 0.494 e. The highest BCUT2D eigenvalue weighted by atomic mass is 16.5. The molecule has 1 N–H and O–H groups in total. The summed E-state index contributed by atoms with van der Waals surface area (Å²) in [5.41, 5.74) is 0.540. The molecule has 112 valence electrons. The van der Waals surface area contributed by atoms with Crippen LogP contribution in [-0.2, 0) is 5.60 Å². The van der Waals surface area contributed by atoms with E-state index in [1.165, 1.54) is 0 Å². The van der Waals surface area contributed by atoms with Crippen LogP contribution in [0.25, 0.3) is 0 Å². The van der Waals surface area contributed by atoms with Gasteiger partial charge in [-0.15, -0.1) is 0 Å². The molecule has 1 saturated carbocycles. The van der Waals surface area contributed by atoms with Crippen molar-refractivity contribution in [1.82, 2.24) is 0 Å². The zero-order chi connectivity index (χ0) is 15.0. The molecule has 20 heavy (non-hydrogen) atoms. The van der Waals surface area contributed by atoms with Crippen molar-refractivity contribution in [3.8, 4) is 5.75 Å². The molecule has 0 atom stereocenters. The fourth-order valence-electron chi connectivity index (χ4n) is 4.31.